The lowest BCUT2D eigenvalue weighted by molar-refractivity contribution is -0.131. The van der Waals surface area contributed by atoms with E-state index in [1.165, 1.54) is 0 Å². The molecule has 1 aliphatic carbocycles. The first kappa shape index (κ1) is 23.0. The molecule has 1 amide bonds. The summed E-state index contributed by atoms with van der Waals surface area (Å²) < 4.78 is 0. The van der Waals surface area contributed by atoms with E-state index in [0.717, 1.165) is 78.7 Å². The van der Waals surface area contributed by atoms with Gasteiger partial charge in [-0.15, -0.1) is 0 Å². The van der Waals surface area contributed by atoms with E-state index in [4.69, 9.17) is 9.98 Å². The molecule has 0 atom stereocenters. The van der Waals surface area contributed by atoms with E-state index < -0.39 is 5.54 Å². The fourth-order valence-corrected chi connectivity index (χ4v) is 5.23. The Hall–Kier alpha value is -3.78. The molecule has 0 N–H and O–H groups in total. The van der Waals surface area contributed by atoms with Crippen LogP contribution in [0.3, 0.4) is 0 Å². The molecule has 2 aromatic carbocycles. The van der Waals surface area contributed by atoms with Crippen molar-refractivity contribution in [1.82, 2.24) is 9.88 Å². The average molecular weight is 463 g/mol. The molecule has 2 aliphatic rings. The highest BCUT2D eigenvalue weighted by Crippen LogP contribution is 2.40. The van der Waals surface area contributed by atoms with Crippen molar-refractivity contribution in [1.29, 1.82) is 5.26 Å². The van der Waals surface area contributed by atoms with Crippen molar-refractivity contribution in [2.45, 2.75) is 64.0 Å². The summed E-state index contributed by atoms with van der Waals surface area (Å²) in [6, 6.07) is 22.3. The van der Waals surface area contributed by atoms with Crippen LogP contribution in [-0.4, -0.2) is 27.2 Å². The van der Waals surface area contributed by atoms with Crippen LogP contribution in [-0.2, 0) is 11.3 Å². The average Bonchev–Trinajstić information content (AvgIpc) is 3.48. The minimum Gasteiger partial charge on any atom is -0.292 e. The first-order valence-corrected chi connectivity index (χ1v) is 12.6. The van der Waals surface area contributed by atoms with Crippen molar-refractivity contribution >= 4 is 11.7 Å². The molecule has 1 aliphatic heterocycles. The highest BCUT2D eigenvalue weighted by Gasteiger charge is 2.49. The van der Waals surface area contributed by atoms with Gasteiger partial charge in [0.05, 0.1) is 23.9 Å². The quantitative estimate of drug-likeness (QED) is 0.401. The number of pyridine rings is 1. The first-order valence-electron chi connectivity index (χ1n) is 12.6. The molecule has 1 spiro atoms. The Balaban J connectivity index is 1.40. The summed E-state index contributed by atoms with van der Waals surface area (Å²) in [4.78, 5) is 24.9. The van der Waals surface area contributed by atoms with Crippen LogP contribution in [0.1, 0.15) is 63.1 Å². The molecule has 1 saturated carbocycles. The van der Waals surface area contributed by atoms with Gasteiger partial charge in [0.25, 0.3) is 5.91 Å². The predicted molar refractivity (Wildman–Crippen MR) is 139 cm³/mol. The smallest absolute Gasteiger partial charge is 0.256 e. The van der Waals surface area contributed by atoms with Crippen LogP contribution >= 0.6 is 0 Å². The van der Waals surface area contributed by atoms with Gasteiger partial charge in [-0.3, -0.25) is 19.7 Å². The van der Waals surface area contributed by atoms with E-state index >= 15 is 0 Å². The molecular formula is C30H30N4O. The van der Waals surface area contributed by atoms with Gasteiger partial charge < -0.3 is 0 Å². The second-order valence-corrected chi connectivity index (χ2v) is 9.54. The zero-order valence-electron chi connectivity index (χ0n) is 20.2. The van der Waals surface area contributed by atoms with Gasteiger partial charge in [0, 0.05) is 23.7 Å². The Bertz CT molecular complexity index is 1280. The minimum absolute atomic E-state index is 0.148. The Morgan fingerprint density at radius 1 is 1.00 bits per heavy atom. The van der Waals surface area contributed by atoms with Gasteiger partial charge in [0.1, 0.15) is 11.4 Å². The van der Waals surface area contributed by atoms with Crippen molar-refractivity contribution in [3.05, 3.63) is 78.1 Å². The number of amidine groups is 1. The summed E-state index contributed by atoms with van der Waals surface area (Å²) in [6.07, 6.45) is 8.61. The number of hydrogen-bond donors (Lipinski definition) is 0. The maximum atomic E-state index is 13.4. The Morgan fingerprint density at radius 3 is 2.46 bits per heavy atom. The molecule has 0 saturated heterocycles. The van der Waals surface area contributed by atoms with E-state index in [-0.39, 0.29) is 5.91 Å². The molecule has 1 fully saturated rings. The lowest BCUT2D eigenvalue weighted by atomic mass is 9.96. The van der Waals surface area contributed by atoms with Crippen LogP contribution in [0.25, 0.3) is 22.3 Å². The van der Waals surface area contributed by atoms with Crippen LogP contribution in [0.5, 0.6) is 0 Å². The van der Waals surface area contributed by atoms with Crippen LogP contribution in [0.4, 0.5) is 0 Å². The molecule has 35 heavy (non-hydrogen) atoms. The van der Waals surface area contributed by atoms with Crippen molar-refractivity contribution in [3.8, 4) is 28.3 Å². The highest BCUT2D eigenvalue weighted by atomic mass is 16.2. The topological polar surface area (TPSA) is 69.3 Å². The van der Waals surface area contributed by atoms with Crippen LogP contribution in [0.15, 0.2) is 71.9 Å². The van der Waals surface area contributed by atoms with Crippen molar-refractivity contribution in [2.24, 2.45) is 4.99 Å². The highest BCUT2D eigenvalue weighted by molar-refractivity contribution is 6.08. The Labute approximate surface area is 207 Å². The normalized spacial score (nSPS) is 16.5. The van der Waals surface area contributed by atoms with Crippen LogP contribution in [0, 0.1) is 11.3 Å². The number of hydrogen-bond acceptors (Lipinski definition) is 4. The molecule has 5 heteroatoms. The fraction of sp³-hybridized carbons (Fsp3) is 0.333. The second-order valence-electron chi connectivity index (χ2n) is 9.54. The van der Waals surface area contributed by atoms with E-state index in [1.807, 2.05) is 59.6 Å². The summed E-state index contributed by atoms with van der Waals surface area (Å²) >= 11 is 0. The zero-order chi connectivity index (χ0) is 24.3. The summed E-state index contributed by atoms with van der Waals surface area (Å²) in [7, 11) is 0. The molecule has 5 rings (SSSR count). The summed E-state index contributed by atoms with van der Waals surface area (Å²) in [6.45, 7) is 2.61. The molecule has 3 aromatic rings. The van der Waals surface area contributed by atoms with E-state index in [9.17, 15) is 10.1 Å². The summed E-state index contributed by atoms with van der Waals surface area (Å²) in [5, 5.41) is 9.69. The maximum Gasteiger partial charge on any atom is 0.256 e. The number of nitrogens with zero attached hydrogens (tertiary/aromatic N) is 4. The van der Waals surface area contributed by atoms with Crippen molar-refractivity contribution < 1.29 is 4.79 Å². The molecule has 0 unspecified atom stereocenters. The number of rotatable bonds is 7. The van der Waals surface area contributed by atoms with Gasteiger partial charge in [0.2, 0.25) is 0 Å². The number of carbonyl (C=O) groups is 1. The number of nitriles is 1. The third kappa shape index (κ3) is 4.49. The molecular weight excluding hydrogens is 432 g/mol. The SMILES string of the molecule is CCCCC1=NC2(CCCC2)C(=O)N1Cc1ccc(-c2cc(-c3ccccc3)ccc2C#N)cn1. The third-order valence-corrected chi connectivity index (χ3v) is 7.19. The van der Waals surface area contributed by atoms with Crippen LogP contribution < -0.4 is 0 Å². The van der Waals surface area contributed by atoms with Crippen molar-refractivity contribution in [3.63, 3.8) is 0 Å². The lowest BCUT2D eigenvalue weighted by Crippen LogP contribution is -2.40. The number of benzene rings is 2. The van der Waals surface area contributed by atoms with Gasteiger partial charge in [-0.1, -0.05) is 68.7 Å². The molecule has 5 nitrogen and oxygen atoms in total. The third-order valence-electron chi connectivity index (χ3n) is 7.19. The molecule has 2 heterocycles. The van der Waals surface area contributed by atoms with E-state index in [0.29, 0.717) is 12.1 Å². The lowest BCUT2D eigenvalue weighted by Gasteiger charge is -2.22. The number of carbonyl (C=O) groups excluding carboxylic acids is 1. The molecule has 176 valence electrons. The predicted octanol–water partition coefficient (Wildman–Crippen LogP) is 6.53. The Kier molecular flexibility index (Phi) is 6.46. The minimum atomic E-state index is -0.525. The van der Waals surface area contributed by atoms with Gasteiger partial charge in [0.15, 0.2) is 0 Å². The molecule has 1 aromatic heterocycles. The molecule has 0 radical (unpaired) electrons. The Morgan fingerprint density at radius 2 is 1.77 bits per heavy atom. The standard InChI is InChI=1S/C30H30N4O/c1-2-3-11-28-33-30(16-7-8-17-30)29(35)34(28)21-26-15-14-25(20-32-26)27-18-23(12-13-24(27)19-31)22-9-5-4-6-10-22/h4-6,9-10,12-15,18,20H,2-3,7-8,11,16-17,21H2,1H3. The van der Waals surface area contributed by atoms with Gasteiger partial charge in [-0.25, -0.2) is 0 Å². The fourth-order valence-electron chi connectivity index (χ4n) is 5.23. The monoisotopic (exact) mass is 462 g/mol. The first-order chi connectivity index (χ1) is 17.1. The van der Waals surface area contributed by atoms with E-state index in [1.54, 1.807) is 0 Å². The van der Waals surface area contributed by atoms with Gasteiger partial charge >= 0.3 is 0 Å². The molecule has 0 bridgehead atoms. The van der Waals surface area contributed by atoms with Crippen molar-refractivity contribution in [2.75, 3.05) is 0 Å². The zero-order valence-corrected chi connectivity index (χ0v) is 20.2. The van der Waals surface area contributed by atoms with Gasteiger partial charge in [-0.05, 0) is 48.6 Å². The van der Waals surface area contributed by atoms with Gasteiger partial charge in [-0.2, -0.15) is 5.26 Å². The number of aromatic nitrogens is 1. The second kappa shape index (κ2) is 9.84. The number of aliphatic imine (C=N–C) groups is 1. The largest absolute Gasteiger partial charge is 0.292 e. The number of unbranched alkanes of at least 4 members (excludes halogenated alkanes) is 1. The summed E-state index contributed by atoms with van der Waals surface area (Å²) in [5.74, 6) is 1.07. The van der Waals surface area contributed by atoms with E-state index in [2.05, 4.69) is 25.1 Å². The summed E-state index contributed by atoms with van der Waals surface area (Å²) in [5.41, 5.74) is 4.84. The van der Waals surface area contributed by atoms with Crippen LogP contribution in [0.2, 0.25) is 0 Å². The maximum absolute atomic E-state index is 13.4. The number of amides is 1.